The van der Waals surface area contributed by atoms with Gasteiger partial charge in [-0.3, -0.25) is 9.78 Å². The van der Waals surface area contributed by atoms with Gasteiger partial charge in [0.05, 0.1) is 10.6 Å². The molecule has 0 bridgehead atoms. The Morgan fingerprint density at radius 3 is 3.17 bits per heavy atom. The van der Waals surface area contributed by atoms with Crippen molar-refractivity contribution in [3.05, 3.63) is 45.9 Å². The first-order chi connectivity index (χ1) is 11.2. The largest absolute Gasteiger partial charge is 0.384 e. The molecule has 1 atom stereocenters. The van der Waals surface area contributed by atoms with Crippen LogP contribution in [0.15, 0.2) is 30.6 Å². The Bertz CT molecular complexity index is 654. The van der Waals surface area contributed by atoms with E-state index in [2.05, 4.69) is 28.6 Å². The van der Waals surface area contributed by atoms with Gasteiger partial charge in [0, 0.05) is 30.4 Å². The zero-order valence-electron chi connectivity index (χ0n) is 13.5. The smallest absolute Gasteiger partial charge is 0.261 e. The van der Waals surface area contributed by atoms with Crippen molar-refractivity contribution in [3.63, 3.8) is 0 Å². The maximum Gasteiger partial charge on any atom is 0.261 e. The van der Waals surface area contributed by atoms with E-state index in [0.717, 1.165) is 42.3 Å². The predicted molar refractivity (Wildman–Crippen MR) is 95.2 cm³/mol. The van der Waals surface area contributed by atoms with Crippen LogP contribution in [0, 0.1) is 5.92 Å². The Labute approximate surface area is 141 Å². The fourth-order valence-electron chi connectivity index (χ4n) is 2.90. The van der Waals surface area contributed by atoms with Crippen LogP contribution in [0.25, 0.3) is 0 Å². The molecule has 0 unspecified atom stereocenters. The predicted octanol–water partition coefficient (Wildman–Crippen LogP) is 3.50. The van der Waals surface area contributed by atoms with Crippen LogP contribution in [-0.2, 0) is 12.8 Å². The summed E-state index contributed by atoms with van der Waals surface area (Å²) in [5, 5.41) is 6.31. The van der Waals surface area contributed by atoms with Gasteiger partial charge in [-0.05, 0) is 55.4 Å². The molecule has 122 valence electrons. The zero-order chi connectivity index (χ0) is 16.1. The molecule has 0 aromatic carbocycles. The number of anilines is 1. The van der Waals surface area contributed by atoms with Gasteiger partial charge in [-0.25, -0.2) is 0 Å². The summed E-state index contributed by atoms with van der Waals surface area (Å²) >= 11 is 1.67. The van der Waals surface area contributed by atoms with E-state index < -0.39 is 0 Å². The molecule has 0 saturated heterocycles. The maximum atomic E-state index is 12.2. The van der Waals surface area contributed by atoms with Gasteiger partial charge in [0.25, 0.3) is 5.91 Å². The minimum atomic E-state index is 0.0680. The number of aryl methyl sites for hydroxylation is 1. The first-order valence-electron chi connectivity index (χ1n) is 8.26. The van der Waals surface area contributed by atoms with E-state index in [0.29, 0.717) is 6.54 Å². The number of carbonyl (C=O) groups excluding carboxylic acids is 1. The van der Waals surface area contributed by atoms with Crippen molar-refractivity contribution < 1.29 is 4.79 Å². The maximum absolute atomic E-state index is 12.2. The minimum absolute atomic E-state index is 0.0680. The number of pyridine rings is 1. The summed E-state index contributed by atoms with van der Waals surface area (Å²) in [7, 11) is 0. The molecule has 1 aliphatic carbocycles. The van der Waals surface area contributed by atoms with Gasteiger partial charge in [-0.1, -0.05) is 6.92 Å². The number of hydrogen-bond acceptors (Lipinski definition) is 4. The number of aromatic nitrogens is 1. The van der Waals surface area contributed by atoms with Crippen LogP contribution in [0.3, 0.4) is 0 Å². The van der Waals surface area contributed by atoms with Crippen LogP contribution in [0.4, 0.5) is 5.69 Å². The number of thiophene rings is 1. The molecule has 0 saturated carbocycles. The molecular formula is C18H23N3OS. The molecule has 0 radical (unpaired) electrons. The number of carbonyl (C=O) groups is 1. The van der Waals surface area contributed by atoms with Crippen molar-refractivity contribution >= 4 is 22.9 Å². The monoisotopic (exact) mass is 329 g/mol. The second kappa shape index (κ2) is 7.59. The number of fused-ring (bicyclic) bond motifs is 1. The van der Waals surface area contributed by atoms with Crippen LogP contribution in [0.2, 0.25) is 0 Å². The third-order valence-corrected chi connectivity index (χ3v) is 5.42. The standard InChI is InChI=1S/C18H23N3OS/c1-13-5-6-16-14(10-13)11-17(23-16)18(22)21-9-3-8-20-15-4-2-7-19-12-15/h2,4,7,11-13,20H,3,5-6,8-10H2,1H3,(H,21,22)/t13-/m0/s1. The van der Waals surface area contributed by atoms with Crippen molar-refractivity contribution in [2.45, 2.75) is 32.6 Å². The average Bonchev–Trinajstić information content (AvgIpc) is 2.98. The lowest BCUT2D eigenvalue weighted by molar-refractivity contribution is 0.0957. The summed E-state index contributed by atoms with van der Waals surface area (Å²) in [6.45, 7) is 3.80. The summed E-state index contributed by atoms with van der Waals surface area (Å²) < 4.78 is 0. The molecule has 1 amide bonds. The zero-order valence-corrected chi connectivity index (χ0v) is 14.3. The number of rotatable bonds is 6. The first kappa shape index (κ1) is 16.0. The highest BCUT2D eigenvalue weighted by Gasteiger charge is 2.20. The van der Waals surface area contributed by atoms with Gasteiger partial charge in [0.1, 0.15) is 0 Å². The summed E-state index contributed by atoms with van der Waals surface area (Å²) in [5.41, 5.74) is 2.40. The van der Waals surface area contributed by atoms with E-state index in [4.69, 9.17) is 0 Å². The molecule has 1 aliphatic rings. The molecule has 0 fully saturated rings. The molecule has 2 N–H and O–H groups in total. The van der Waals surface area contributed by atoms with Crippen molar-refractivity contribution in [2.24, 2.45) is 5.92 Å². The van der Waals surface area contributed by atoms with Crippen molar-refractivity contribution in [1.29, 1.82) is 0 Å². The summed E-state index contributed by atoms with van der Waals surface area (Å²) in [4.78, 5) is 18.6. The van der Waals surface area contributed by atoms with E-state index >= 15 is 0 Å². The van der Waals surface area contributed by atoms with Crippen molar-refractivity contribution in [2.75, 3.05) is 18.4 Å². The lowest BCUT2D eigenvalue weighted by Crippen LogP contribution is -2.25. The summed E-state index contributed by atoms with van der Waals surface area (Å²) in [6.07, 6.45) is 7.94. The second-order valence-corrected chi connectivity index (χ2v) is 7.32. The quantitative estimate of drug-likeness (QED) is 0.798. The molecule has 0 aliphatic heterocycles. The van der Waals surface area contributed by atoms with Gasteiger partial charge < -0.3 is 10.6 Å². The Kier molecular flexibility index (Phi) is 5.28. The van der Waals surface area contributed by atoms with Crippen LogP contribution < -0.4 is 10.6 Å². The van der Waals surface area contributed by atoms with E-state index in [1.165, 1.54) is 16.9 Å². The van der Waals surface area contributed by atoms with Gasteiger partial charge in [-0.15, -0.1) is 11.3 Å². The fraction of sp³-hybridized carbons (Fsp3) is 0.444. The highest BCUT2D eigenvalue weighted by Crippen LogP contribution is 2.32. The van der Waals surface area contributed by atoms with Crippen LogP contribution >= 0.6 is 11.3 Å². The van der Waals surface area contributed by atoms with Crippen LogP contribution in [0.1, 0.15) is 39.9 Å². The Morgan fingerprint density at radius 1 is 1.43 bits per heavy atom. The third kappa shape index (κ3) is 4.32. The fourth-order valence-corrected chi connectivity index (χ4v) is 4.02. The SMILES string of the molecule is C[C@H]1CCc2sc(C(=O)NCCCNc3cccnc3)cc2C1. The Morgan fingerprint density at radius 2 is 2.35 bits per heavy atom. The number of hydrogen-bond donors (Lipinski definition) is 2. The lowest BCUT2D eigenvalue weighted by atomic mass is 9.90. The van der Waals surface area contributed by atoms with Gasteiger partial charge >= 0.3 is 0 Å². The number of nitrogens with zero attached hydrogens (tertiary/aromatic N) is 1. The molecule has 5 heteroatoms. The number of amides is 1. The number of nitrogens with one attached hydrogen (secondary N) is 2. The lowest BCUT2D eigenvalue weighted by Gasteiger charge is -2.16. The molecule has 4 nitrogen and oxygen atoms in total. The Hall–Kier alpha value is -1.88. The van der Waals surface area contributed by atoms with Crippen LogP contribution in [0.5, 0.6) is 0 Å². The van der Waals surface area contributed by atoms with Gasteiger partial charge in [-0.2, -0.15) is 0 Å². The van der Waals surface area contributed by atoms with Gasteiger partial charge in [0.2, 0.25) is 0 Å². The minimum Gasteiger partial charge on any atom is -0.384 e. The van der Waals surface area contributed by atoms with E-state index in [9.17, 15) is 4.79 Å². The molecule has 0 spiro atoms. The molecule has 2 heterocycles. The Balaban J connectivity index is 1.41. The summed E-state index contributed by atoms with van der Waals surface area (Å²) in [5.74, 6) is 0.810. The van der Waals surface area contributed by atoms with E-state index in [-0.39, 0.29) is 5.91 Å². The molecular weight excluding hydrogens is 306 g/mol. The van der Waals surface area contributed by atoms with Crippen LogP contribution in [-0.4, -0.2) is 24.0 Å². The van der Waals surface area contributed by atoms with E-state index in [1.807, 2.05) is 12.1 Å². The third-order valence-electron chi connectivity index (χ3n) is 4.18. The molecule has 23 heavy (non-hydrogen) atoms. The first-order valence-corrected chi connectivity index (χ1v) is 9.07. The molecule has 3 rings (SSSR count). The molecule has 2 aromatic rings. The highest BCUT2D eigenvalue weighted by molar-refractivity contribution is 7.14. The topological polar surface area (TPSA) is 54.0 Å². The average molecular weight is 329 g/mol. The normalized spacial score (nSPS) is 16.7. The van der Waals surface area contributed by atoms with Crippen molar-refractivity contribution in [3.8, 4) is 0 Å². The molecule has 2 aromatic heterocycles. The van der Waals surface area contributed by atoms with Crippen molar-refractivity contribution in [1.82, 2.24) is 10.3 Å². The summed E-state index contributed by atoms with van der Waals surface area (Å²) in [6, 6.07) is 5.99. The van der Waals surface area contributed by atoms with E-state index in [1.54, 1.807) is 23.7 Å². The highest BCUT2D eigenvalue weighted by atomic mass is 32.1. The second-order valence-electron chi connectivity index (χ2n) is 6.18. The van der Waals surface area contributed by atoms with Gasteiger partial charge in [0.15, 0.2) is 0 Å².